The molecule has 108 valence electrons. The number of carbonyl (C=O) groups excluding carboxylic acids is 1. The Kier molecular flexibility index (Phi) is 3.25. The molecule has 0 radical (unpaired) electrons. The van der Waals surface area contributed by atoms with Crippen molar-refractivity contribution in [1.82, 2.24) is 0 Å². The van der Waals surface area contributed by atoms with Gasteiger partial charge in [0, 0.05) is 11.4 Å². The minimum absolute atomic E-state index is 0.0733. The summed E-state index contributed by atoms with van der Waals surface area (Å²) in [5, 5.41) is 3.29. The summed E-state index contributed by atoms with van der Waals surface area (Å²) < 4.78 is 13.3. The summed E-state index contributed by atoms with van der Waals surface area (Å²) in [7, 11) is 0. The first-order valence-corrected chi connectivity index (χ1v) is 6.79. The summed E-state index contributed by atoms with van der Waals surface area (Å²) in [5.74, 6) is -1.12. The maximum atomic E-state index is 13.3. The molecule has 5 heteroatoms. The molecule has 2 aromatic rings. The van der Waals surface area contributed by atoms with Gasteiger partial charge in [-0.05, 0) is 54.3 Å². The van der Waals surface area contributed by atoms with E-state index in [2.05, 4.69) is 5.32 Å². The summed E-state index contributed by atoms with van der Waals surface area (Å²) in [6.45, 7) is 0. The number of nitrogens with one attached hydrogen (secondary N) is 1. The lowest BCUT2D eigenvalue weighted by Crippen LogP contribution is -2.16. The number of fused-ring (bicyclic) bond motifs is 1. The van der Waals surface area contributed by atoms with E-state index in [1.807, 2.05) is 18.2 Å². The topological polar surface area (TPSA) is 81.1 Å². The van der Waals surface area contributed by atoms with Gasteiger partial charge in [0.05, 0.1) is 11.6 Å². The quantitative estimate of drug-likeness (QED) is 0.758. The number of anilines is 2. The highest BCUT2D eigenvalue weighted by Crippen LogP contribution is 2.35. The fourth-order valence-electron chi connectivity index (χ4n) is 2.82. The van der Waals surface area contributed by atoms with Crippen molar-refractivity contribution in [2.75, 3.05) is 11.1 Å². The van der Waals surface area contributed by atoms with Gasteiger partial charge in [0.1, 0.15) is 5.82 Å². The average Bonchev–Trinajstić information content (AvgIpc) is 2.82. The van der Waals surface area contributed by atoms with Crippen molar-refractivity contribution in [3.63, 3.8) is 0 Å². The Morgan fingerprint density at radius 3 is 2.81 bits per heavy atom. The number of benzene rings is 2. The van der Waals surface area contributed by atoms with Gasteiger partial charge < -0.3 is 16.8 Å². The molecule has 4 nitrogen and oxygen atoms in total. The molecule has 5 N–H and O–H groups in total. The molecule has 0 aliphatic heterocycles. The number of primary amides is 1. The Labute approximate surface area is 121 Å². The van der Waals surface area contributed by atoms with Crippen LogP contribution in [0.1, 0.15) is 33.9 Å². The molecule has 1 atom stereocenters. The second-order valence-corrected chi connectivity index (χ2v) is 5.25. The highest BCUT2D eigenvalue weighted by molar-refractivity contribution is 5.98. The van der Waals surface area contributed by atoms with E-state index in [0.29, 0.717) is 5.69 Å². The van der Waals surface area contributed by atoms with Gasteiger partial charge in [-0.2, -0.15) is 0 Å². The van der Waals surface area contributed by atoms with Gasteiger partial charge in [0.2, 0.25) is 0 Å². The number of nitrogens with two attached hydrogens (primary N) is 2. The molecule has 2 aromatic carbocycles. The largest absolute Gasteiger partial charge is 0.399 e. The molecule has 1 unspecified atom stereocenters. The minimum Gasteiger partial charge on any atom is -0.399 e. The Balaban J connectivity index is 1.91. The van der Waals surface area contributed by atoms with Crippen LogP contribution in [0, 0.1) is 5.82 Å². The standard InChI is InChI=1S/C16H16FN3O/c17-10-2-6-15(13(8-10)16(19)21)20-14-5-1-9-7-11(18)3-4-12(9)14/h2-4,6-8,14,20H,1,5,18H2,(H2,19,21). The Morgan fingerprint density at radius 1 is 1.24 bits per heavy atom. The lowest BCUT2D eigenvalue weighted by Gasteiger charge is -2.17. The fraction of sp³-hybridized carbons (Fsp3) is 0.188. The van der Waals surface area contributed by atoms with Crippen LogP contribution in [0.3, 0.4) is 0 Å². The fourth-order valence-corrected chi connectivity index (χ4v) is 2.82. The van der Waals surface area contributed by atoms with E-state index in [9.17, 15) is 9.18 Å². The lowest BCUT2D eigenvalue weighted by molar-refractivity contribution is 0.100. The monoisotopic (exact) mass is 285 g/mol. The maximum absolute atomic E-state index is 13.3. The SMILES string of the molecule is NC(=O)c1cc(F)ccc1NC1CCc2cc(N)ccc21. The summed E-state index contributed by atoms with van der Waals surface area (Å²) in [4.78, 5) is 11.4. The van der Waals surface area contributed by atoms with Gasteiger partial charge >= 0.3 is 0 Å². The van der Waals surface area contributed by atoms with Crippen molar-refractivity contribution >= 4 is 17.3 Å². The molecule has 0 heterocycles. The molecule has 0 fully saturated rings. The van der Waals surface area contributed by atoms with E-state index in [4.69, 9.17) is 11.5 Å². The summed E-state index contributed by atoms with van der Waals surface area (Å²) in [5.41, 5.74) is 14.9. The van der Waals surface area contributed by atoms with Gasteiger partial charge in [0.15, 0.2) is 0 Å². The van der Waals surface area contributed by atoms with E-state index in [-0.39, 0.29) is 11.6 Å². The Morgan fingerprint density at radius 2 is 2.05 bits per heavy atom. The van der Waals surface area contributed by atoms with Crippen LogP contribution >= 0.6 is 0 Å². The lowest BCUT2D eigenvalue weighted by atomic mass is 10.1. The predicted octanol–water partition coefficient (Wildman–Crippen LogP) is 2.61. The molecule has 1 amide bonds. The second-order valence-electron chi connectivity index (χ2n) is 5.25. The molecule has 1 aliphatic carbocycles. The number of nitrogen functional groups attached to an aromatic ring is 1. The van der Waals surface area contributed by atoms with Gasteiger partial charge in [-0.1, -0.05) is 6.07 Å². The molecule has 3 rings (SSSR count). The number of amides is 1. The molecule has 0 aromatic heterocycles. The van der Waals surface area contributed by atoms with E-state index in [0.717, 1.165) is 30.2 Å². The van der Waals surface area contributed by atoms with Crippen molar-refractivity contribution in [3.8, 4) is 0 Å². The average molecular weight is 285 g/mol. The van der Waals surface area contributed by atoms with E-state index in [1.54, 1.807) is 6.07 Å². The molecular formula is C16H16FN3O. The smallest absolute Gasteiger partial charge is 0.250 e. The van der Waals surface area contributed by atoms with Crippen molar-refractivity contribution in [2.24, 2.45) is 5.73 Å². The van der Waals surface area contributed by atoms with Crippen molar-refractivity contribution < 1.29 is 9.18 Å². The number of rotatable bonds is 3. The van der Waals surface area contributed by atoms with Crippen LogP contribution in [0.2, 0.25) is 0 Å². The van der Waals surface area contributed by atoms with Gasteiger partial charge in [-0.15, -0.1) is 0 Å². The van der Waals surface area contributed by atoms with E-state index < -0.39 is 11.7 Å². The van der Waals surface area contributed by atoms with Crippen LogP contribution in [-0.2, 0) is 6.42 Å². The molecule has 21 heavy (non-hydrogen) atoms. The summed E-state index contributed by atoms with van der Waals surface area (Å²) in [6.07, 6.45) is 1.82. The first-order valence-electron chi connectivity index (χ1n) is 6.79. The van der Waals surface area contributed by atoms with Crippen molar-refractivity contribution in [3.05, 3.63) is 58.9 Å². The zero-order valence-corrected chi connectivity index (χ0v) is 11.4. The number of hydrogen-bond donors (Lipinski definition) is 3. The number of hydrogen-bond acceptors (Lipinski definition) is 3. The second kappa shape index (κ2) is 5.09. The summed E-state index contributed by atoms with van der Waals surface area (Å²) in [6, 6.07) is 9.91. The molecule has 0 saturated heterocycles. The number of carbonyl (C=O) groups is 1. The third kappa shape index (κ3) is 2.54. The van der Waals surface area contributed by atoms with Crippen molar-refractivity contribution in [2.45, 2.75) is 18.9 Å². The van der Waals surface area contributed by atoms with Crippen LogP contribution in [0.4, 0.5) is 15.8 Å². The molecule has 0 spiro atoms. The number of aryl methyl sites for hydroxylation is 1. The normalized spacial score (nSPS) is 16.5. The van der Waals surface area contributed by atoms with Crippen LogP contribution in [-0.4, -0.2) is 5.91 Å². The minimum atomic E-state index is -0.646. The molecule has 0 bridgehead atoms. The Hall–Kier alpha value is -2.56. The zero-order valence-electron chi connectivity index (χ0n) is 11.4. The van der Waals surface area contributed by atoms with Crippen LogP contribution < -0.4 is 16.8 Å². The third-order valence-corrected chi connectivity index (χ3v) is 3.82. The highest BCUT2D eigenvalue weighted by Gasteiger charge is 2.23. The first-order chi connectivity index (χ1) is 10.0. The van der Waals surface area contributed by atoms with E-state index in [1.165, 1.54) is 11.6 Å². The highest BCUT2D eigenvalue weighted by atomic mass is 19.1. The zero-order chi connectivity index (χ0) is 15.0. The van der Waals surface area contributed by atoms with Crippen molar-refractivity contribution in [1.29, 1.82) is 0 Å². The van der Waals surface area contributed by atoms with Gasteiger partial charge in [-0.25, -0.2) is 4.39 Å². The third-order valence-electron chi connectivity index (χ3n) is 3.82. The molecular weight excluding hydrogens is 269 g/mol. The van der Waals surface area contributed by atoms with E-state index >= 15 is 0 Å². The van der Waals surface area contributed by atoms with Crippen LogP contribution in [0.25, 0.3) is 0 Å². The van der Waals surface area contributed by atoms with Crippen LogP contribution in [0.5, 0.6) is 0 Å². The number of halogens is 1. The van der Waals surface area contributed by atoms with Crippen LogP contribution in [0.15, 0.2) is 36.4 Å². The predicted molar refractivity (Wildman–Crippen MR) is 80.5 cm³/mol. The van der Waals surface area contributed by atoms with Gasteiger partial charge in [-0.3, -0.25) is 4.79 Å². The molecule has 1 aliphatic rings. The maximum Gasteiger partial charge on any atom is 0.250 e. The first kappa shape index (κ1) is 13.4. The molecule has 0 saturated carbocycles. The van der Waals surface area contributed by atoms with Gasteiger partial charge in [0.25, 0.3) is 5.91 Å². The summed E-state index contributed by atoms with van der Waals surface area (Å²) >= 11 is 0. The Bertz CT molecular complexity index is 715.